The summed E-state index contributed by atoms with van der Waals surface area (Å²) in [5.74, 6) is -0.588. The van der Waals surface area contributed by atoms with Gasteiger partial charge in [-0.2, -0.15) is 5.26 Å². The van der Waals surface area contributed by atoms with E-state index in [1.807, 2.05) is 37.2 Å². The second kappa shape index (κ2) is 8.19. The standard InChI is InChI=1S/C18H15Br2N3O2/c1-23(2)15-5-3-14(4-6-15)22-18(25)12(10-21)7-11-8-13(19)9-16(20)17(11)24/h3-9,24H,1-2H3,(H,22,25)/b12-7-. The van der Waals surface area contributed by atoms with Gasteiger partial charge in [-0.15, -0.1) is 0 Å². The Labute approximate surface area is 162 Å². The van der Waals surface area contributed by atoms with E-state index in [0.717, 1.165) is 5.69 Å². The number of hydrogen-bond acceptors (Lipinski definition) is 4. The first-order valence-electron chi connectivity index (χ1n) is 7.20. The maximum atomic E-state index is 12.3. The highest BCUT2D eigenvalue weighted by atomic mass is 79.9. The molecule has 0 aliphatic carbocycles. The van der Waals surface area contributed by atoms with Crippen LogP contribution in [0.1, 0.15) is 5.56 Å². The van der Waals surface area contributed by atoms with Crippen LogP contribution in [-0.4, -0.2) is 25.1 Å². The van der Waals surface area contributed by atoms with Gasteiger partial charge >= 0.3 is 0 Å². The minimum absolute atomic E-state index is 0.0425. The minimum Gasteiger partial charge on any atom is -0.506 e. The van der Waals surface area contributed by atoms with E-state index in [9.17, 15) is 15.2 Å². The molecule has 0 aliphatic heterocycles. The summed E-state index contributed by atoms with van der Waals surface area (Å²) >= 11 is 6.53. The molecule has 0 radical (unpaired) electrons. The van der Waals surface area contributed by atoms with Gasteiger partial charge in [0.15, 0.2) is 0 Å². The summed E-state index contributed by atoms with van der Waals surface area (Å²) in [6.07, 6.45) is 1.34. The van der Waals surface area contributed by atoms with Crippen LogP contribution in [0.15, 0.2) is 50.9 Å². The smallest absolute Gasteiger partial charge is 0.266 e. The molecule has 0 saturated heterocycles. The van der Waals surface area contributed by atoms with Crippen LogP contribution in [0, 0.1) is 11.3 Å². The maximum absolute atomic E-state index is 12.3. The van der Waals surface area contributed by atoms with Crippen LogP contribution in [0.3, 0.4) is 0 Å². The second-order valence-corrected chi connectivity index (χ2v) is 7.16. The third-order valence-electron chi connectivity index (χ3n) is 3.36. The first kappa shape index (κ1) is 19.0. The van der Waals surface area contributed by atoms with Gasteiger partial charge in [0.25, 0.3) is 5.91 Å². The number of nitrogens with zero attached hydrogens (tertiary/aromatic N) is 2. The molecule has 0 fully saturated rings. The Morgan fingerprint density at radius 3 is 2.44 bits per heavy atom. The number of carbonyl (C=O) groups is 1. The lowest BCUT2D eigenvalue weighted by Gasteiger charge is -2.13. The molecule has 2 rings (SSSR count). The Hall–Kier alpha value is -2.30. The van der Waals surface area contributed by atoms with Crippen molar-refractivity contribution in [1.82, 2.24) is 0 Å². The number of anilines is 2. The van der Waals surface area contributed by atoms with Crippen molar-refractivity contribution < 1.29 is 9.90 Å². The van der Waals surface area contributed by atoms with E-state index in [1.165, 1.54) is 6.08 Å². The van der Waals surface area contributed by atoms with Crippen LogP contribution < -0.4 is 10.2 Å². The number of nitrogens with one attached hydrogen (secondary N) is 1. The first-order chi connectivity index (χ1) is 11.8. The SMILES string of the molecule is CN(C)c1ccc(NC(=O)/C(C#N)=C\c2cc(Br)cc(Br)c2O)cc1. The number of carbonyl (C=O) groups excluding carboxylic acids is 1. The zero-order chi connectivity index (χ0) is 18.6. The molecule has 2 aromatic carbocycles. The van der Waals surface area contributed by atoms with Gasteiger partial charge in [0.05, 0.1) is 4.47 Å². The zero-order valence-electron chi connectivity index (χ0n) is 13.5. The van der Waals surface area contributed by atoms with Gasteiger partial charge in [-0.3, -0.25) is 4.79 Å². The van der Waals surface area contributed by atoms with Gasteiger partial charge in [-0.25, -0.2) is 0 Å². The number of phenolic OH excluding ortho intramolecular Hbond substituents is 1. The molecule has 0 bridgehead atoms. The average molecular weight is 465 g/mol. The monoisotopic (exact) mass is 463 g/mol. The van der Waals surface area contributed by atoms with Crippen molar-refractivity contribution in [2.75, 3.05) is 24.3 Å². The molecule has 0 aromatic heterocycles. The van der Waals surface area contributed by atoms with Crippen molar-refractivity contribution in [3.63, 3.8) is 0 Å². The highest BCUT2D eigenvalue weighted by Gasteiger charge is 2.13. The number of nitriles is 1. The predicted octanol–water partition coefficient (Wildman–Crippen LogP) is 4.53. The molecule has 0 atom stereocenters. The number of hydrogen-bond donors (Lipinski definition) is 2. The number of phenols is 1. The summed E-state index contributed by atoms with van der Waals surface area (Å²) in [7, 11) is 3.85. The van der Waals surface area contributed by atoms with Crippen molar-refractivity contribution >= 4 is 55.2 Å². The van der Waals surface area contributed by atoms with Crippen LogP contribution in [0.25, 0.3) is 6.08 Å². The molecular weight excluding hydrogens is 450 g/mol. The summed E-state index contributed by atoms with van der Waals surface area (Å²) in [6.45, 7) is 0. The van der Waals surface area contributed by atoms with E-state index in [4.69, 9.17) is 0 Å². The third-order valence-corrected chi connectivity index (χ3v) is 4.43. The number of benzene rings is 2. The topological polar surface area (TPSA) is 76.4 Å². The van der Waals surface area contributed by atoms with Crippen LogP contribution in [0.4, 0.5) is 11.4 Å². The summed E-state index contributed by atoms with van der Waals surface area (Å²) in [5.41, 5.74) is 1.82. The van der Waals surface area contributed by atoms with Crippen LogP contribution >= 0.6 is 31.9 Å². The van der Waals surface area contributed by atoms with E-state index < -0.39 is 5.91 Å². The number of aromatic hydroxyl groups is 1. The number of amides is 1. The van der Waals surface area contributed by atoms with Crippen LogP contribution in [0.5, 0.6) is 5.75 Å². The summed E-state index contributed by atoms with van der Waals surface area (Å²) in [4.78, 5) is 14.3. The first-order valence-corrected chi connectivity index (χ1v) is 8.79. The molecule has 5 nitrogen and oxygen atoms in total. The van der Waals surface area contributed by atoms with E-state index in [2.05, 4.69) is 37.2 Å². The Bertz CT molecular complexity index is 869. The fourth-order valence-electron chi connectivity index (χ4n) is 2.04. The van der Waals surface area contributed by atoms with Crippen molar-refractivity contribution in [3.05, 3.63) is 56.5 Å². The molecule has 0 aliphatic rings. The summed E-state index contributed by atoms with van der Waals surface area (Å²) in [6, 6.07) is 12.4. The van der Waals surface area contributed by atoms with E-state index in [1.54, 1.807) is 24.3 Å². The molecule has 0 heterocycles. The lowest BCUT2D eigenvalue weighted by atomic mass is 10.1. The van der Waals surface area contributed by atoms with Crippen LogP contribution in [-0.2, 0) is 4.79 Å². The molecule has 2 N–H and O–H groups in total. The fourth-order valence-corrected chi connectivity index (χ4v) is 3.30. The largest absolute Gasteiger partial charge is 0.506 e. The highest BCUT2D eigenvalue weighted by molar-refractivity contribution is 9.11. The Balaban J connectivity index is 2.26. The zero-order valence-corrected chi connectivity index (χ0v) is 16.7. The molecule has 7 heteroatoms. The lowest BCUT2D eigenvalue weighted by Crippen LogP contribution is -2.14. The Kier molecular flexibility index (Phi) is 6.23. The molecule has 128 valence electrons. The minimum atomic E-state index is -0.546. The fraction of sp³-hybridized carbons (Fsp3) is 0.111. The van der Waals surface area contributed by atoms with Gasteiger partial charge in [0.2, 0.25) is 0 Å². The van der Waals surface area contributed by atoms with E-state index in [0.29, 0.717) is 20.2 Å². The predicted molar refractivity (Wildman–Crippen MR) is 106 cm³/mol. The Morgan fingerprint density at radius 1 is 1.24 bits per heavy atom. The lowest BCUT2D eigenvalue weighted by molar-refractivity contribution is -0.112. The molecule has 0 unspecified atom stereocenters. The van der Waals surface area contributed by atoms with Gasteiger partial charge in [0.1, 0.15) is 17.4 Å². The van der Waals surface area contributed by atoms with Gasteiger partial charge in [-0.1, -0.05) is 15.9 Å². The second-order valence-electron chi connectivity index (χ2n) is 5.39. The quantitative estimate of drug-likeness (QED) is 0.514. The summed E-state index contributed by atoms with van der Waals surface area (Å²) in [5, 5.41) is 22.0. The average Bonchev–Trinajstić information content (AvgIpc) is 2.57. The molecular formula is C18H15Br2N3O2. The molecule has 0 saturated carbocycles. The van der Waals surface area contributed by atoms with Crippen molar-refractivity contribution in [2.24, 2.45) is 0 Å². The van der Waals surface area contributed by atoms with E-state index >= 15 is 0 Å². The normalized spacial score (nSPS) is 10.9. The molecule has 2 aromatic rings. The van der Waals surface area contributed by atoms with Crippen LogP contribution in [0.2, 0.25) is 0 Å². The molecule has 1 amide bonds. The number of rotatable bonds is 4. The molecule has 0 spiro atoms. The third kappa shape index (κ3) is 4.84. The maximum Gasteiger partial charge on any atom is 0.266 e. The summed E-state index contributed by atoms with van der Waals surface area (Å²) < 4.78 is 1.17. The van der Waals surface area contributed by atoms with Gasteiger partial charge in [0, 0.05) is 35.5 Å². The van der Waals surface area contributed by atoms with E-state index in [-0.39, 0.29) is 11.3 Å². The van der Waals surface area contributed by atoms with Crippen molar-refractivity contribution in [3.8, 4) is 11.8 Å². The highest BCUT2D eigenvalue weighted by Crippen LogP contribution is 2.33. The van der Waals surface area contributed by atoms with Gasteiger partial charge in [-0.05, 0) is 58.4 Å². The van der Waals surface area contributed by atoms with Crippen molar-refractivity contribution in [2.45, 2.75) is 0 Å². The number of halogens is 2. The van der Waals surface area contributed by atoms with Gasteiger partial charge < -0.3 is 15.3 Å². The Morgan fingerprint density at radius 2 is 1.88 bits per heavy atom. The molecule has 25 heavy (non-hydrogen) atoms. The van der Waals surface area contributed by atoms with Crippen molar-refractivity contribution in [1.29, 1.82) is 5.26 Å².